The molecule has 1 aromatic rings. The van der Waals surface area contributed by atoms with E-state index in [1.54, 1.807) is 6.26 Å². The molecule has 1 aromatic heterocycles. The van der Waals surface area contributed by atoms with Crippen molar-refractivity contribution in [2.75, 3.05) is 11.7 Å². The second-order valence-corrected chi connectivity index (χ2v) is 4.00. The average molecular weight is 294 g/mol. The standard InChI is InChI=1S/C9H9F3N4O2S/c1-4(9(10,11)12)15-16-6-5(7(17)18)3-13-8(14-6)19-2/h3H,1-2H3,(H,17,18)(H,13,14,16). The highest BCUT2D eigenvalue weighted by Crippen LogP contribution is 2.19. The smallest absolute Gasteiger partial charge is 0.430 e. The molecule has 0 aliphatic heterocycles. The number of rotatable bonds is 4. The number of hydrogen-bond donors (Lipinski definition) is 2. The zero-order chi connectivity index (χ0) is 14.6. The lowest BCUT2D eigenvalue weighted by atomic mass is 10.3. The molecule has 19 heavy (non-hydrogen) atoms. The minimum atomic E-state index is -4.59. The first-order valence-corrected chi connectivity index (χ1v) is 6.00. The summed E-state index contributed by atoms with van der Waals surface area (Å²) >= 11 is 1.12. The largest absolute Gasteiger partial charge is 0.477 e. The van der Waals surface area contributed by atoms with Gasteiger partial charge >= 0.3 is 12.1 Å². The van der Waals surface area contributed by atoms with E-state index in [0.717, 1.165) is 24.9 Å². The first kappa shape index (κ1) is 15.2. The molecule has 0 bridgehead atoms. The Morgan fingerprint density at radius 3 is 2.63 bits per heavy atom. The molecule has 0 saturated heterocycles. The summed E-state index contributed by atoms with van der Waals surface area (Å²) in [6, 6.07) is 0. The maximum atomic E-state index is 12.2. The van der Waals surface area contributed by atoms with Gasteiger partial charge in [0.15, 0.2) is 11.0 Å². The lowest BCUT2D eigenvalue weighted by molar-refractivity contribution is -0.0592. The Morgan fingerprint density at radius 1 is 1.53 bits per heavy atom. The van der Waals surface area contributed by atoms with Crippen LogP contribution in [0.4, 0.5) is 19.0 Å². The molecule has 0 spiro atoms. The van der Waals surface area contributed by atoms with Crippen LogP contribution >= 0.6 is 11.8 Å². The van der Waals surface area contributed by atoms with Crippen LogP contribution in [0, 0.1) is 0 Å². The third-order valence-corrected chi connectivity index (χ3v) is 2.48. The van der Waals surface area contributed by atoms with Crippen molar-refractivity contribution >= 4 is 29.3 Å². The van der Waals surface area contributed by atoms with Crippen LogP contribution in [0.25, 0.3) is 0 Å². The Balaban J connectivity index is 3.08. The number of anilines is 1. The third kappa shape index (κ3) is 4.09. The quantitative estimate of drug-likeness (QED) is 0.383. The highest BCUT2D eigenvalue weighted by molar-refractivity contribution is 7.98. The summed E-state index contributed by atoms with van der Waals surface area (Å²) < 4.78 is 36.7. The van der Waals surface area contributed by atoms with Crippen molar-refractivity contribution in [3.63, 3.8) is 0 Å². The number of carboxylic acids is 1. The molecule has 0 aliphatic carbocycles. The molecule has 10 heteroatoms. The van der Waals surface area contributed by atoms with Crippen LogP contribution in [0.5, 0.6) is 0 Å². The molecule has 6 nitrogen and oxygen atoms in total. The highest BCUT2D eigenvalue weighted by atomic mass is 32.2. The molecular formula is C9H9F3N4O2S. The Bertz CT molecular complexity index is 519. The van der Waals surface area contributed by atoms with Crippen molar-refractivity contribution in [2.24, 2.45) is 5.10 Å². The van der Waals surface area contributed by atoms with Crippen LogP contribution in [-0.2, 0) is 0 Å². The Labute approximate surface area is 110 Å². The number of carboxylic acid groups (broad SMARTS) is 1. The summed E-state index contributed by atoms with van der Waals surface area (Å²) in [5.41, 5.74) is 0.489. The van der Waals surface area contributed by atoms with Gasteiger partial charge < -0.3 is 5.11 Å². The predicted octanol–water partition coefficient (Wildman–Crippen LogP) is 2.25. The summed E-state index contributed by atoms with van der Waals surface area (Å²) in [6.45, 7) is 0.754. The normalized spacial score (nSPS) is 12.4. The molecule has 0 saturated carbocycles. The van der Waals surface area contributed by atoms with Gasteiger partial charge in [-0.3, -0.25) is 5.43 Å². The molecule has 0 amide bonds. The monoisotopic (exact) mass is 294 g/mol. The molecule has 1 rings (SSSR count). The molecule has 0 aromatic carbocycles. The average Bonchev–Trinajstić information content (AvgIpc) is 2.33. The fourth-order valence-corrected chi connectivity index (χ4v) is 1.25. The number of thioether (sulfide) groups is 1. The number of nitrogens with zero attached hydrogens (tertiary/aromatic N) is 3. The van der Waals surface area contributed by atoms with Gasteiger partial charge in [0.2, 0.25) is 0 Å². The van der Waals surface area contributed by atoms with Gasteiger partial charge in [-0.25, -0.2) is 14.8 Å². The SMILES string of the molecule is CSc1ncc(C(=O)O)c(NN=C(C)C(F)(F)F)n1. The third-order valence-electron chi connectivity index (χ3n) is 1.92. The van der Waals surface area contributed by atoms with Crippen molar-refractivity contribution < 1.29 is 23.1 Å². The summed E-state index contributed by atoms with van der Waals surface area (Å²) in [5, 5.41) is 12.1. The highest BCUT2D eigenvalue weighted by Gasteiger charge is 2.32. The Kier molecular flexibility index (Phi) is 4.70. The van der Waals surface area contributed by atoms with Crippen LogP contribution in [-0.4, -0.2) is 39.2 Å². The van der Waals surface area contributed by atoms with Crippen molar-refractivity contribution in [3.05, 3.63) is 11.8 Å². The first-order chi connectivity index (χ1) is 8.75. The number of nitrogens with one attached hydrogen (secondary N) is 1. The Hall–Kier alpha value is -1.84. The van der Waals surface area contributed by atoms with Gasteiger partial charge in [0, 0.05) is 6.20 Å². The summed E-state index contributed by atoms with van der Waals surface area (Å²) in [4.78, 5) is 18.3. The lowest BCUT2D eigenvalue weighted by Gasteiger charge is -2.08. The zero-order valence-electron chi connectivity index (χ0n) is 9.82. The van der Waals surface area contributed by atoms with Crippen molar-refractivity contribution in [1.82, 2.24) is 9.97 Å². The van der Waals surface area contributed by atoms with Gasteiger partial charge in [-0.2, -0.15) is 18.3 Å². The second-order valence-electron chi connectivity index (χ2n) is 3.23. The van der Waals surface area contributed by atoms with Gasteiger partial charge in [0.05, 0.1) is 0 Å². The van der Waals surface area contributed by atoms with Gasteiger partial charge in [0.1, 0.15) is 11.3 Å². The summed E-state index contributed by atoms with van der Waals surface area (Å²) in [7, 11) is 0. The predicted molar refractivity (Wildman–Crippen MR) is 63.6 cm³/mol. The fraction of sp³-hybridized carbons (Fsp3) is 0.333. The molecule has 1 heterocycles. The molecule has 104 valence electrons. The van der Waals surface area contributed by atoms with E-state index in [1.165, 1.54) is 0 Å². The van der Waals surface area contributed by atoms with E-state index in [4.69, 9.17) is 5.11 Å². The van der Waals surface area contributed by atoms with Gasteiger partial charge in [-0.15, -0.1) is 0 Å². The summed E-state index contributed by atoms with van der Waals surface area (Å²) in [5.74, 6) is -1.66. The van der Waals surface area contributed by atoms with Gasteiger partial charge in [-0.1, -0.05) is 11.8 Å². The first-order valence-electron chi connectivity index (χ1n) is 4.77. The fourth-order valence-electron chi connectivity index (χ4n) is 0.906. The van der Waals surface area contributed by atoms with E-state index >= 15 is 0 Å². The molecule has 2 N–H and O–H groups in total. The van der Waals surface area contributed by atoms with E-state index < -0.39 is 17.9 Å². The van der Waals surface area contributed by atoms with Gasteiger partial charge in [-0.05, 0) is 13.2 Å². The Morgan fingerprint density at radius 2 is 2.16 bits per heavy atom. The topological polar surface area (TPSA) is 87.5 Å². The number of halogens is 3. The molecule has 0 radical (unpaired) electrons. The molecular weight excluding hydrogens is 285 g/mol. The molecule has 0 aliphatic rings. The van der Waals surface area contributed by atoms with E-state index in [1.807, 2.05) is 5.43 Å². The van der Waals surface area contributed by atoms with E-state index in [0.29, 0.717) is 0 Å². The van der Waals surface area contributed by atoms with Crippen LogP contribution in [0.15, 0.2) is 16.5 Å². The van der Waals surface area contributed by atoms with Gasteiger partial charge in [0.25, 0.3) is 0 Å². The minimum Gasteiger partial charge on any atom is -0.477 e. The van der Waals surface area contributed by atoms with E-state index in [-0.39, 0.29) is 16.5 Å². The number of aromatic nitrogens is 2. The molecule has 0 unspecified atom stereocenters. The van der Waals surface area contributed by atoms with Crippen molar-refractivity contribution in [1.29, 1.82) is 0 Å². The van der Waals surface area contributed by atoms with Crippen LogP contribution in [0.1, 0.15) is 17.3 Å². The maximum Gasteiger partial charge on any atom is 0.430 e. The number of alkyl halides is 3. The number of hydrogen-bond acceptors (Lipinski definition) is 6. The van der Waals surface area contributed by atoms with Crippen LogP contribution < -0.4 is 5.43 Å². The van der Waals surface area contributed by atoms with E-state index in [9.17, 15) is 18.0 Å². The lowest BCUT2D eigenvalue weighted by Crippen LogP contribution is -2.21. The van der Waals surface area contributed by atoms with Crippen molar-refractivity contribution in [3.8, 4) is 0 Å². The maximum absolute atomic E-state index is 12.2. The summed E-state index contributed by atoms with van der Waals surface area (Å²) in [6.07, 6.45) is -1.95. The number of hydrazone groups is 1. The minimum absolute atomic E-state index is 0.215. The second kappa shape index (κ2) is 5.87. The zero-order valence-corrected chi connectivity index (χ0v) is 10.6. The van der Waals surface area contributed by atoms with Crippen LogP contribution in [0.2, 0.25) is 0 Å². The number of aromatic carboxylic acids is 1. The molecule has 0 fully saturated rings. The molecule has 0 atom stereocenters. The van der Waals surface area contributed by atoms with Crippen LogP contribution in [0.3, 0.4) is 0 Å². The van der Waals surface area contributed by atoms with E-state index in [2.05, 4.69) is 15.1 Å². The van der Waals surface area contributed by atoms with Crippen molar-refractivity contribution in [2.45, 2.75) is 18.3 Å². The number of carbonyl (C=O) groups is 1.